The lowest BCUT2D eigenvalue weighted by Crippen LogP contribution is -2.40. The lowest BCUT2D eigenvalue weighted by molar-refractivity contribution is -0.154. The maximum atomic E-state index is 12.2. The summed E-state index contributed by atoms with van der Waals surface area (Å²) in [5, 5.41) is 19.8. The standard InChI is InChI=1S/C22H24O8/c1-27-15-6-5-11(8-16(15)28-2)19-13-10-18(30-4)17(29-3)9-12(13)7-14(21(23)24)20(19)22(25)26/h5-6,8-10,14,19-20H,7H2,1-4H3,(H,23,24)(H,25,26). The van der Waals surface area contributed by atoms with Crippen molar-refractivity contribution in [2.75, 3.05) is 28.4 Å². The number of rotatable bonds is 7. The molecule has 8 heteroatoms. The van der Waals surface area contributed by atoms with Gasteiger partial charge in [0, 0.05) is 5.92 Å². The van der Waals surface area contributed by atoms with Crippen LogP contribution in [0.4, 0.5) is 0 Å². The van der Waals surface area contributed by atoms with Crippen molar-refractivity contribution < 1.29 is 38.7 Å². The topological polar surface area (TPSA) is 112 Å². The predicted molar refractivity (Wildman–Crippen MR) is 107 cm³/mol. The van der Waals surface area contributed by atoms with E-state index in [1.807, 2.05) is 0 Å². The first-order valence-electron chi connectivity index (χ1n) is 9.28. The maximum absolute atomic E-state index is 12.2. The van der Waals surface area contributed by atoms with E-state index in [0.717, 1.165) is 0 Å². The molecular formula is C22H24O8. The number of methoxy groups -OCH3 is 4. The molecule has 0 amide bonds. The van der Waals surface area contributed by atoms with E-state index in [2.05, 4.69) is 0 Å². The molecule has 2 aromatic carbocycles. The van der Waals surface area contributed by atoms with Crippen molar-refractivity contribution in [2.24, 2.45) is 11.8 Å². The van der Waals surface area contributed by atoms with Crippen molar-refractivity contribution in [3.05, 3.63) is 47.0 Å². The normalized spacial score (nSPS) is 20.1. The largest absolute Gasteiger partial charge is 0.493 e. The van der Waals surface area contributed by atoms with E-state index in [1.54, 1.807) is 30.3 Å². The van der Waals surface area contributed by atoms with Gasteiger partial charge in [0.2, 0.25) is 0 Å². The lowest BCUT2D eigenvalue weighted by Gasteiger charge is -2.36. The van der Waals surface area contributed by atoms with Crippen molar-refractivity contribution in [2.45, 2.75) is 12.3 Å². The van der Waals surface area contributed by atoms with Crippen LogP contribution in [0, 0.1) is 11.8 Å². The molecule has 0 radical (unpaired) electrons. The van der Waals surface area contributed by atoms with Gasteiger partial charge in [0.05, 0.1) is 40.3 Å². The Hall–Kier alpha value is -3.42. The molecule has 30 heavy (non-hydrogen) atoms. The predicted octanol–water partition coefficient (Wildman–Crippen LogP) is 2.81. The average molecular weight is 416 g/mol. The van der Waals surface area contributed by atoms with Crippen LogP contribution in [0.5, 0.6) is 23.0 Å². The first-order valence-corrected chi connectivity index (χ1v) is 9.28. The highest BCUT2D eigenvalue weighted by Gasteiger charge is 2.46. The number of aliphatic carboxylic acids is 2. The van der Waals surface area contributed by atoms with E-state index in [4.69, 9.17) is 18.9 Å². The fourth-order valence-electron chi connectivity index (χ4n) is 4.18. The van der Waals surface area contributed by atoms with Crippen molar-refractivity contribution in [3.8, 4) is 23.0 Å². The highest BCUT2D eigenvalue weighted by atomic mass is 16.5. The van der Waals surface area contributed by atoms with Crippen LogP contribution in [0.2, 0.25) is 0 Å². The van der Waals surface area contributed by atoms with Gasteiger partial charge in [-0.05, 0) is 47.4 Å². The number of carbonyl (C=O) groups is 2. The lowest BCUT2D eigenvalue weighted by atomic mass is 9.66. The Kier molecular flexibility index (Phi) is 6.05. The second kappa shape index (κ2) is 8.52. The minimum atomic E-state index is -1.18. The van der Waals surface area contributed by atoms with Gasteiger partial charge in [0.25, 0.3) is 0 Å². The molecule has 1 aliphatic rings. The third-order valence-electron chi connectivity index (χ3n) is 5.58. The van der Waals surface area contributed by atoms with E-state index in [9.17, 15) is 19.8 Å². The summed E-state index contributed by atoms with van der Waals surface area (Å²) in [4.78, 5) is 24.2. The Morgan fingerprint density at radius 3 is 1.90 bits per heavy atom. The second-order valence-corrected chi connectivity index (χ2v) is 7.01. The van der Waals surface area contributed by atoms with Gasteiger partial charge in [-0.2, -0.15) is 0 Å². The molecule has 2 aromatic rings. The first-order chi connectivity index (χ1) is 14.4. The smallest absolute Gasteiger partial charge is 0.308 e. The Bertz CT molecular complexity index is 968. The first kappa shape index (κ1) is 21.3. The van der Waals surface area contributed by atoms with Crippen LogP contribution in [0.1, 0.15) is 22.6 Å². The van der Waals surface area contributed by atoms with Gasteiger partial charge in [0.15, 0.2) is 23.0 Å². The van der Waals surface area contributed by atoms with Gasteiger partial charge in [-0.25, -0.2) is 0 Å². The molecule has 2 N–H and O–H groups in total. The summed E-state index contributed by atoms with van der Waals surface area (Å²) in [5.74, 6) is -3.52. The molecule has 3 atom stereocenters. The Balaban J connectivity index is 2.29. The minimum absolute atomic E-state index is 0.0752. The number of carboxylic acids is 2. The van der Waals surface area contributed by atoms with E-state index < -0.39 is 29.7 Å². The van der Waals surface area contributed by atoms with E-state index in [1.165, 1.54) is 28.4 Å². The van der Waals surface area contributed by atoms with Crippen molar-refractivity contribution in [1.29, 1.82) is 0 Å². The fourth-order valence-corrected chi connectivity index (χ4v) is 4.18. The van der Waals surface area contributed by atoms with Gasteiger partial charge in [-0.1, -0.05) is 6.07 Å². The molecule has 1 aliphatic carbocycles. The number of benzene rings is 2. The zero-order valence-corrected chi connectivity index (χ0v) is 17.2. The van der Waals surface area contributed by atoms with Gasteiger partial charge in [-0.15, -0.1) is 0 Å². The monoisotopic (exact) mass is 416 g/mol. The summed E-state index contributed by atoms with van der Waals surface area (Å²) in [6.45, 7) is 0. The Morgan fingerprint density at radius 1 is 0.800 bits per heavy atom. The minimum Gasteiger partial charge on any atom is -0.493 e. The Labute approximate surface area is 173 Å². The van der Waals surface area contributed by atoms with Gasteiger partial charge in [-0.3, -0.25) is 9.59 Å². The summed E-state index contributed by atoms with van der Waals surface area (Å²) in [6, 6.07) is 8.54. The summed E-state index contributed by atoms with van der Waals surface area (Å²) in [6.07, 6.45) is 0.0752. The zero-order valence-electron chi connectivity index (χ0n) is 17.2. The molecule has 0 heterocycles. The summed E-state index contributed by atoms with van der Waals surface area (Å²) in [5.41, 5.74) is 2.00. The van der Waals surface area contributed by atoms with Crippen LogP contribution >= 0.6 is 0 Å². The summed E-state index contributed by atoms with van der Waals surface area (Å²) < 4.78 is 21.4. The zero-order chi connectivity index (χ0) is 22.0. The van der Waals surface area contributed by atoms with Gasteiger partial charge < -0.3 is 29.2 Å². The van der Waals surface area contributed by atoms with Crippen molar-refractivity contribution >= 4 is 11.9 Å². The molecule has 0 aliphatic heterocycles. The highest BCUT2D eigenvalue weighted by Crippen LogP contribution is 2.48. The molecule has 0 saturated heterocycles. The number of hydrogen-bond acceptors (Lipinski definition) is 6. The molecule has 8 nitrogen and oxygen atoms in total. The molecular weight excluding hydrogens is 392 g/mol. The average Bonchev–Trinajstić information content (AvgIpc) is 2.75. The fraction of sp³-hybridized carbons (Fsp3) is 0.364. The van der Waals surface area contributed by atoms with Crippen LogP contribution < -0.4 is 18.9 Å². The van der Waals surface area contributed by atoms with Crippen LogP contribution in [0.3, 0.4) is 0 Å². The number of hydrogen-bond donors (Lipinski definition) is 2. The van der Waals surface area contributed by atoms with Crippen LogP contribution in [0.25, 0.3) is 0 Å². The number of ether oxygens (including phenoxy) is 4. The third-order valence-corrected chi connectivity index (χ3v) is 5.58. The molecule has 0 bridgehead atoms. The molecule has 160 valence electrons. The molecule has 0 spiro atoms. The number of carboxylic acid groups (broad SMARTS) is 2. The van der Waals surface area contributed by atoms with E-state index >= 15 is 0 Å². The van der Waals surface area contributed by atoms with E-state index in [-0.39, 0.29) is 6.42 Å². The highest BCUT2D eigenvalue weighted by molar-refractivity contribution is 5.83. The third kappa shape index (κ3) is 3.60. The van der Waals surface area contributed by atoms with Crippen molar-refractivity contribution in [3.63, 3.8) is 0 Å². The molecule has 0 saturated carbocycles. The quantitative estimate of drug-likeness (QED) is 0.709. The SMILES string of the molecule is COc1ccc(C2c3cc(OC)c(OC)cc3CC(C(=O)O)C2C(=O)O)cc1OC. The van der Waals surface area contributed by atoms with Crippen LogP contribution in [0.15, 0.2) is 30.3 Å². The van der Waals surface area contributed by atoms with Gasteiger partial charge in [0.1, 0.15) is 0 Å². The maximum Gasteiger partial charge on any atom is 0.308 e. The molecule has 3 unspecified atom stereocenters. The van der Waals surface area contributed by atoms with Crippen LogP contribution in [-0.2, 0) is 16.0 Å². The van der Waals surface area contributed by atoms with Crippen LogP contribution in [-0.4, -0.2) is 50.6 Å². The number of fused-ring (bicyclic) bond motifs is 1. The van der Waals surface area contributed by atoms with Crippen molar-refractivity contribution in [1.82, 2.24) is 0 Å². The van der Waals surface area contributed by atoms with Gasteiger partial charge >= 0.3 is 11.9 Å². The summed E-state index contributed by atoms with van der Waals surface area (Å²) >= 11 is 0. The molecule has 0 aromatic heterocycles. The molecule has 0 fully saturated rings. The summed E-state index contributed by atoms with van der Waals surface area (Å²) in [7, 11) is 5.98. The Morgan fingerprint density at radius 2 is 1.37 bits per heavy atom. The molecule has 3 rings (SSSR count). The van der Waals surface area contributed by atoms with E-state index in [0.29, 0.717) is 39.7 Å². The second-order valence-electron chi connectivity index (χ2n) is 7.01.